The molecule has 0 unspecified atom stereocenters. The van der Waals surface area contributed by atoms with E-state index >= 15 is 0 Å². The summed E-state index contributed by atoms with van der Waals surface area (Å²) in [5.41, 5.74) is -0.957. The Labute approximate surface area is 103 Å². The highest BCUT2D eigenvalue weighted by Crippen LogP contribution is 2.25. The summed E-state index contributed by atoms with van der Waals surface area (Å²) in [6, 6.07) is 2.07. The van der Waals surface area contributed by atoms with Gasteiger partial charge in [-0.25, -0.2) is 0 Å². The molecule has 1 N–H and O–H groups in total. The van der Waals surface area contributed by atoms with Gasteiger partial charge in [0.2, 0.25) is 11.8 Å². The Bertz CT molecular complexity index is 314. The summed E-state index contributed by atoms with van der Waals surface area (Å²) in [7, 11) is 3.34. The highest BCUT2D eigenvalue weighted by molar-refractivity contribution is 5.85. The third-order valence-corrected chi connectivity index (χ3v) is 2.98. The van der Waals surface area contributed by atoms with Crippen molar-refractivity contribution in [2.24, 2.45) is 5.41 Å². The van der Waals surface area contributed by atoms with Gasteiger partial charge in [0.1, 0.15) is 5.41 Å². The van der Waals surface area contributed by atoms with Gasteiger partial charge in [-0.05, 0) is 12.8 Å². The van der Waals surface area contributed by atoms with Gasteiger partial charge < -0.3 is 10.2 Å². The van der Waals surface area contributed by atoms with Crippen LogP contribution in [0.4, 0.5) is 0 Å². The van der Waals surface area contributed by atoms with Crippen LogP contribution < -0.4 is 5.32 Å². The lowest BCUT2D eigenvalue weighted by Gasteiger charge is -2.22. The summed E-state index contributed by atoms with van der Waals surface area (Å²) in [6.45, 7) is 3.91. The predicted molar refractivity (Wildman–Crippen MR) is 64.9 cm³/mol. The van der Waals surface area contributed by atoms with Crippen molar-refractivity contribution in [3.63, 3.8) is 0 Å². The molecule has 0 fully saturated rings. The molecule has 0 aromatic rings. The number of hydrogen-bond acceptors (Lipinski definition) is 3. The predicted octanol–water partition coefficient (Wildman–Crippen LogP) is 0.911. The number of amides is 2. The molecule has 0 saturated heterocycles. The number of nitrogens with one attached hydrogen (secondary N) is 1. The van der Waals surface area contributed by atoms with Crippen molar-refractivity contribution in [3.05, 3.63) is 0 Å². The van der Waals surface area contributed by atoms with E-state index in [9.17, 15) is 9.59 Å². The van der Waals surface area contributed by atoms with Crippen LogP contribution in [0.1, 0.15) is 33.1 Å². The average Bonchev–Trinajstić information content (AvgIpc) is 2.31. The van der Waals surface area contributed by atoms with Gasteiger partial charge in [-0.15, -0.1) is 0 Å². The van der Waals surface area contributed by atoms with E-state index in [0.717, 1.165) is 0 Å². The standard InChI is InChI=1S/C12H21N3O2/c1-5-12(6-2,9-13)11(17)14-8-7-10(16)15(3)4/h5-8H2,1-4H3,(H,14,17). The molecule has 0 atom stereocenters. The highest BCUT2D eigenvalue weighted by atomic mass is 16.2. The van der Waals surface area contributed by atoms with E-state index in [1.54, 1.807) is 14.1 Å². The van der Waals surface area contributed by atoms with E-state index in [1.165, 1.54) is 4.90 Å². The van der Waals surface area contributed by atoms with Crippen LogP contribution >= 0.6 is 0 Å². The highest BCUT2D eigenvalue weighted by Gasteiger charge is 2.34. The first-order valence-electron chi connectivity index (χ1n) is 5.83. The molecule has 96 valence electrons. The molecule has 2 amide bonds. The molecular formula is C12H21N3O2. The van der Waals surface area contributed by atoms with Crippen molar-refractivity contribution >= 4 is 11.8 Å². The normalized spacial score (nSPS) is 10.5. The van der Waals surface area contributed by atoms with Crippen LogP contribution in [0.2, 0.25) is 0 Å². The SMILES string of the molecule is CCC(C#N)(CC)C(=O)NCCC(=O)N(C)C. The quantitative estimate of drug-likeness (QED) is 0.748. The monoisotopic (exact) mass is 239 g/mol. The van der Waals surface area contributed by atoms with Gasteiger partial charge in [0.15, 0.2) is 0 Å². The Balaban J connectivity index is 4.28. The second-order valence-corrected chi connectivity index (χ2v) is 4.20. The van der Waals surface area contributed by atoms with Crippen molar-refractivity contribution in [1.29, 1.82) is 5.26 Å². The van der Waals surface area contributed by atoms with Gasteiger partial charge in [0.05, 0.1) is 6.07 Å². The molecule has 0 radical (unpaired) electrons. The molecule has 0 heterocycles. The second-order valence-electron chi connectivity index (χ2n) is 4.20. The minimum atomic E-state index is -0.957. The Morgan fingerprint density at radius 2 is 1.82 bits per heavy atom. The molecule has 17 heavy (non-hydrogen) atoms. The lowest BCUT2D eigenvalue weighted by atomic mass is 9.83. The maximum atomic E-state index is 11.9. The summed E-state index contributed by atoms with van der Waals surface area (Å²) in [6.07, 6.45) is 1.22. The van der Waals surface area contributed by atoms with Crippen LogP contribution in [0, 0.1) is 16.7 Å². The van der Waals surface area contributed by atoms with Crippen LogP contribution in [0.15, 0.2) is 0 Å². The van der Waals surface area contributed by atoms with E-state index in [-0.39, 0.29) is 24.8 Å². The first-order valence-corrected chi connectivity index (χ1v) is 5.83. The van der Waals surface area contributed by atoms with Gasteiger partial charge in [0.25, 0.3) is 0 Å². The Morgan fingerprint density at radius 3 is 2.18 bits per heavy atom. The largest absolute Gasteiger partial charge is 0.354 e. The van der Waals surface area contributed by atoms with Crippen molar-refractivity contribution in [3.8, 4) is 6.07 Å². The fourth-order valence-electron chi connectivity index (χ4n) is 1.46. The van der Waals surface area contributed by atoms with Crippen LogP contribution in [0.25, 0.3) is 0 Å². The molecule has 5 heteroatoms. The number of rotatable bonds is 6. The number of hydrogen-bond donors (Lipinski definition) is 1. The summed E-state index contributed by atoms with van der Waals surface area (Å²) in [4.78, 5) is 24.6. The average molecular weight is 239 g/mol. The molecule has 0 saturated carbocycles. The summed E-state index contributed by atoms with van der Waals surface area (Å²) >= 11 is 0. The molecule has 0 rings (SSSR count). The molecule has 0 spiro atoms. The molecule has 0 aromatic carbocycles. The van der Waals surface area contributed by atoms with Gasteiger partial charge in [-0.3, -0.25) is 9.59 Å². The zero-order chi connectivity index (χ0) is 13.5. The van der Waals surface area contributed by atoms with Crippen LogP contribution in [-0.4, -0.2) is 37.4 Å². The number of carbonyl (C=O) groups is 2. The van der Waals surface area contributed by atoms with Gasteiger partial charge in [-0.2, -0.15) is 5.26 Å². The fourth-order valence-corrected chi connectivity index (χ4v) is 1.46. The van der Waals surface area contributed by atoms with Gasteiger partial charge in [-0.1, -0.05) is 13.8 Å². The zero-order valence-corrected chi connectivity index (χ0v) is 11.0. The van der Waals surface area contributed by atoms with E-state index in [1.807, 2.05) is 13.8 Å². The number of nitriles is 1. The van der Waals surface area contributed by atoms with Crippen molar-refractivity contribution in [1.82, 2.24) is 10.2 Å². The van der Waals surface area contributed by atoms with Crippen LogP contribution in [0.5, 0.6) is 0 Å². The molecule has 0 aliphatic rings. The topological polar surface area (TPSA) is 73.2 Å². The lowest BCUT2D eigenvalue weighted by Crippen LogP contribution is -2.40. The van der Waals surface area contributed by atoms with Gasteiger partial charge >= 0.3 is 0 Å². The Morgan fingerprint density at radius 1 is 1.29 bits per heavy atom. The summed E-state index contributed by atoms with van der Waals surface area (Å²) in [5, 5.41) is 11.7. The Kier molecular flexibility index (Phi) is 6.26. The maximum Gasteiger partial charge on any atom is 0.240 e. The van der Waals surface area contributed by atoms with E-state index in [4.69, 9.17) is 5.26 Å². The third kappa shape index (κ3) is 4.06. The number of carbonyl (C=O) groups excluding carboxylic acids is 2. The fraction of sp³-hybridized carbons (Fsp3) is 0.750. The molecule has 0 aliphatic carbocycles. The lowest BCUT2D eigenvalue weighted by molar-refractivity contribution is -0.130. The molecule has 5 nitrogen and oxygen atoms in total. The Hall–Kier alpha value is -1.57. The number of nitrogens with zero attached hydrogens (tertiary/aromatic N) is 2. The van der Waals surface area contributed by atoms with Crippen molar-refractivity contribution in [2.45, 2.75) is 33.1 Å². The molecule has 0 aromatic heterocycles. The van der Waals surface area contributed by atoms with E-state index < -0.39 is 5.41 Å². The molecular weight excluding hydrogens is 218 g/mol. The van der Waals surface area contributed by atoms with Crippen LogP contribution in [-0.2, 0) is 9.59 Å². The smallest absolute Gasteiger partial charge is 0.240 e. The van der Waals surface area contributed by atoms with Crippen molar-refractivity contribution < 1.29 is 9.59 Å². The first kappa shape index (κ1) is 15.4. The maximum absolute atomic E-state index is 11.9. The summed E-state index contributed by atoms with van der Waals surface area (Å²) in [5.74, 6) is -0.322. The first-order chi connectivity index (χ1) is 7.93. The molecule has 0 aliphatic heterocycles. The van der Waals surface area contributed by atoms with Gasteiger partial charge in [0, 0.05) is 27.1 Å². The minimum absolute atomic E-state index is 0.0409. The summed E-state index contributed by atoms with van der Waals surface area (Å²) < 4.78 is 0. The van der Waals surface area contributed by atoms with E-state index in [2.05, 4.69) is 11.4 Å². The molecule has 0 bridgehead atoms. The minimum Gasteiger partial charge on any atom is -0.354 e. The van der Waals surface area contributed by atoms with E-state index in [0.29, 0.717) is 12.8 Å². The second kappa shape index (κ2) is 6.89. The zero-order valence-electron chi connectivity index (χ0n) is 11.0. The van der Waals surface area contributed by atoms with Crippen LogP contribution in [0.3, 0.4) is 0 Å². The van der Waals surface area contributed by atoms with Crippen molar-refractivity contribution in [2.75, 3.05) is 20.6 Å². The third-order valence-electron chi connectivity index (χ3n) is 2.98.